The first-order chi connectivity index (χ1) is 14.5. The molecule has 30 heavy (non-hydrogen) atoms. The van der Waals surface area contributed by atoms with Crippen LogP contribution < -0.4 is 5.32 Å². The Balaban J connectivity index is 1.51. The molecule has 0 saturated carbocycles. The van der Waals surface area contributed by atoms with Crippen molar-refractivity contribution in [2.45, 2.75) is 26.3 Å². The number of carbonyl (C=O) groups excluding carboxylic acids is 2. The maximum Gasteiger partial charge on any atom is 0.262 e. The zero-order chi connectivity index (χ0) is 21.1. The molecular weight excluding hydrogens is 378 g/mol. The number of amides is 1. The van der Waals surface area contributed by atoms with Gasteiger partial charge in [-0.05, 0) is 55.8 Å². The molecule has 0 aliphatic carbocycles. The minimum Gasteiger partial charge on any atom is -0.467 e. The molecule has 1 aromatic heterocycles. The topological polar surface area (TPSA) is 74.9 Å². The van der Waals surface area contributed by atoms with Gasteiger partial charge in [-0.2, -0.15) is 5.10 Å². The van der Waals surface area contributed by atoms with Crippen LogP contribution >= 0.6 is 0 Å². The van der Waals surface area contributed by atoms with Crippen LogP contribution in [0.15, 0.2) is 76.4 Å². The predicted molar refractivity (Wildman–Crippen MR) is 116 cm³/mol. The second kappa shape index (κ2) is 8.37. The van der Waals surface area contributed by atoms with Crippen LogP contribution in [0, 0.1) is 6.92 Å². The van der Waals surface area contributed by atoms with E-state index in [2.05, 4.69) is 10.4 Å². The Morgan fingerprint density at radius 3 is 2.47 bits per heavy atom. The largest absolute Gasteiger partial charge is 0.467 e. The van der Waals surface area contributed by atoms with Crippen LogP contribution in [0.3, 0.4) is 0 Å². The summed E-state index contributed by atoms with van der Waals surface area (Å²) in [5, 5.41) is 9.25. The number of nitrogens with one attached hydrogen (secondary N) is 1. The molecule has 0 spiro atoms. The highest BCUT2D eigenvalue weighted by Crippen LogP contribution is 2.33. The summed E-state index contributed by atoms with van der Waals surface area (Å²) in [5.74, 6) is 0.558. The van der Waals surface area contributed by atoms with E-state index in [-0.39, 0.29) is 24.3 Å². The van der Waals surface area contributed by atoms with Crippen LogP contribution in [0.2, 0.25) is 0 Å². The molecule has 4 rings (SSSR count). The first kappa shape index (κ1) is 19.6. The van der Waals surface area contributed by atoms with Crippen LogP contribution in [-0.4, -0.2) is 29.0 Å². The summed E-state index contributed by atoms with van der Waals surface area (Å²) in [4.78, 5) is 24.4. The number of hydrogen-bond acceptors (Lipinski definition) is 5. The van der Waals surface area contributed by atoms with Gasteiger partial charge >= 0.3 is 0 Å². The minimum atomic E-state index is -0.273. The van der Waals surface area contributed by atoms with Crippen molar-refractivity contribution in [3.63, 3.8) is 0 Å². The van der Waals surface area contributed by atoms with E-state index in [9.17, 15) is 9.59 Å². The third-order valence-electron chi connectivity index (χ3n) is 5.16. The number of nitrogens with zero attached hydrogens (tertiary/aromatic N) is 2. The highest BCUT2D eigenvalue weighted by atomic mass is 16.3. The van der Waals surface area contributed by atoms with Gasteiger partial charge in [0.15, 0.2) is 5.78 Å². The standard InChI is InChI=1S/C24H23N3O3/c1-16-5-7-19(8-6-16)21-14-22(23-4-3-13-30-23)27(26-21)24(29)15-25-20-11-9-18(10-12-20)17(2)28/h3-13,22,25H,14-15H2,1-2H3/t22-/m1/s1. The lowest BCUT2D eigenvalue weighted by Gasteiger charge is -2.20. The molecule has 0 unspecified atom stereocenters. The van der Waals surface area contributed by atoms with Crippen molar-refractivity contribution in [3.8, 4) is 0 Å². The summed E-state index contributed by atoms with van der Waals surface area (Å²) in [7, 11) is 0. The SMILES string of the molecule is CC(=O)c1ccc(NCC(=O)N2N=C(c3ccc(C)cc3)C[C@@H]2c2ccco2)cc1. The van der Waals surface area contributed by atoms with Crippen molar-refractivity contribution in [2.75, 3.05) is 11.9 Å². The normalized spacial score (nSPS) is 15.7. The van der Waals surface area contributed by atoms with Gasteiger partial charge in [-0.25, -0.2) is 5.01 Å². The van der Waals surface area contributed by atoms with Crippen LogP contribution in [0.25, 0.3) is 0 Å². The van der Waals surface area contributed by atoms with Crippen molar-refractivity contribution >= 4 is 23.1 Å². The molecule has 1 aliphatic heterocycles. The molecule has 152 valence electrons. The summed E-state index contributed by atoms with van der Waals surface area (Å²) in [6.07, 6.45) is 2.20. The Morgan fingerprint density at radius 2 is 1.83 bits per heavy atom. The Kier molecular flexibility index (Phi) is 5.48. The second-order valence-corrected chi connectivity index (χ2v) is 7.37. The summed E-state index contributed by atoms with van der Waals surface area (Å²) < 4.78 is 5.58. The number of hydrogen-bond donors (Lipinski definition) is 1. The molecule has 2 heterocycles. The summed E-state index contributed by atoms with van der Waals surface area (Å²) in [5.41, 5.74) is 4.44. The number of aryl methyl sites for hydroxylation is 1. The van der Waals surface area contributed by atoms with Gasteiger partial charge in [0.2, 0.25) is 0 Å². The number of hydrazone groups is 1. The van der Waals surface area contributed by atoms with Crippen LogP contribution in [0.1, 0.15) is 46.6 Å². The first-order valence-electron chi connectivity index (χ1n) is 9.86. The van der Waals surface area contributed by atoms with Gasteiger partial charge in [0.05, 0.1) is 18.5 Å². The van der Waals surface area contributed by atoms with Crippen molar-refractivity contribution in [1.29, 1.82) is 0 Å². The lowest BCUT2D eigenvalue weighted by atomic mass is 10.0. The highest BCUT2D eigenvalue weighted by molar-refractivity contribution is 6.03. The quantitative estimate of drug-likeness (QED) is 0.614. The smallest absolute Gasteiger partial charge is 0.262 e. The summed E-state index contributed by atoms with van der Waals surface area (Å²) >= 11 is 0. The average Bonchev–Trinajstić information content (AvgIpc) is 3.43. The second-order valence-electron chi connectivity index (χ2n) is 7.37. The van der Waals surface area contributed by atoms with Crippen LogP contribution in [0.4, 0.5) is 5.69 Å². The van der Waals surface area contributed by atoms with E-state index in [0.717, 1.165) is 17.0 Å². The third-order valence-corrected chi connectivity index (χ3v) is 5.16. The Labute approximate surface area is 175 Å². The zero-order valence-electron chi connectivity index (χ0n) is 17.0. The monoisotopic (exact) mass is 401 g/mol. The first-order valence-corrected chi connectivity index (χ1v) is 9.86. The summed E-state index contributed by atoms with van der Waals surface area (Å²) in [6.45, 7) is 3.65. The van der Waals surface area contributed by atoms with Gasteiger partial charge in [0.1, 0.15) is 11.8 Å². The maximum atomic E-state index is 13.0. The summed E-state index contributed by atoms with van der Waals surface area (Å²) in [6, 6.07) is 18.6. The molecule has 0 fully saturated rings. The van der Waals surface area contributed by atoms with E-state index in [0.29, 0.717) is 17.7 Å². The molecule has 1 atom stereocenters. The Bertz CT molecular complexity index is 1070. The third kappa shape index (κ3) is 4.17. The molecule has 1 aliphatic rings. The van der Waals surface area contributed by atoms with Gasteiger partial charge in [0.25, 0.3) is 5.91 Å². The molecule has 1 amide bonds. The molecule has 0 radical (unpaired) electrons. The fourth-order valence-corrected chi connectivity index (χ4v) is 3.44. The number of anilines is 1. The molecular formula is C24H23N3O3. The van der Waals surface area contributed by atoms with E-state index in [1.165, 1.54) is 17.5 Å². The van der Waals surface area contributed by atoms with Gasteiger partial charge in [-0.3, -0.25) is 9.59 Å². The molecule has 0 saturated heterocycles. The lowest BCUT2D eigenvalue weighted by Crippen LogP contribution is -2.32. The van der Waals surface area contributed by atoms with Gasteiger partial charge in [0, 0.05) is 17.7 Å². The van der Waals surface area contributed by atoms with Crippen LogP contribution in [0.5, 0.6) is 0 Å². The van der Waals surface area contributed by atoms with E-state index in [1.54, 1.807) is 30.5 Å². The number of Topliss-reactive ketones (excluding diaryl/α,β-unsaturated/α-hetero) is 1. The number of rotatable bonds is 6. The van der Waals surface area contributed by atoms with Gasteiger partial charge < -0.3 is 9.73 Å². The highest BCUT2D eigenvalue weighted by Gasteiger charge is 2.34. The van der Waals surface area contributed by atoms with Gasteiger partial charge in [-0.15, -0.1) is 0 Å². The predicted octanol–water partition coefficient (Wildman–Crippen LogP) is 4.58. The molecule has 6 heteroatoms. The fraction of sp³-hybridized carbons (Fsp3) is 0.208. The van der Waals surface area contributed by atoms with Crippen molar-refractivity contribution in [2.24, 2.45) is 5.10 Å². The number of furan rings is 1. The number of benzene rings is 2. The Morgan fingerprint density at radius 1 is 1.10 bits per heavy atom. The van der Waals surface area contributed by atoms with Crippen molar-refractivity contribution in [3.05, 3.63) is 89.4 Å². The molecule has 0 bridgehead atoms. The number of carbonyl (C=O) groups is 2. The fourth-order valence-electron chi connectivity index (χ4n) is 3.44. The van der Waals surface area contributed by atoms with Crippen LogP contribution in [-0.2, 0) is 4.79 Å². The Hall–Kier alpha value is -3.67. The zero-order valence-corrected chi connectivity index (χ0v) is 17.0. The molecule has 6 nitrogen and oxygen atoms in total. The maximum absolute atomic E-state index is 13.0. The van der Waals surface area contributed by atoms with E-state index < -0.39 is 0 Å². The van der Waals surface area contributed by atoms with Gasteiger partial charge in [-0.1, -0.05) is 29.8 Å². The van der Waals surface area contributed by atoms with E-state index in [1.807, 2.05) is 43.3 Å². The minimum absolute atomic E-state index is 0.00829. The lowest BCUT2D eigenvalue weighted by molar-refractivity contribution is -0.131. The average molecular weight is 401 g/mol. The van der Waals surface area contributed by atoms with E-state index >= 15 is 0 Å². The van der Waals surface area contributed by atoms with E-state index in [4.69, 9.17) is 4.42 Å². The number of ketones is 1. The molecule has 2 aromatic carbocycles. The van der Waals surface area contributed by atoms with Crippen molar-refractivity contribution in [1.82, 2.24) is 5.01 Å². The molecule has 3 aromatic rings. The molecule has 1 N–H and O–H groups in total. The van der Waals surface area contributed by atoms with Crippen molar-refractivity contribution < 1.29 is 14.0 Å².